The maximum Gasteiger partial charge on any atom is 0.103 e. The van der Waals surface area contributed by atoms with Crippen LogP contribution in [0.2, 0.25) is 0 Å². The molecule has 0 radical (unpaired) electrons. The standard InChI is InChI=1S/C14H20BrN3O/c1-3-8-16-13(7-6-11-5-4-9-19-11)14-12(15)10-17-18(14)2/h4-5,9-10,13,16H,3,6-8H2,1-2H3. The third kappa shape index (κ3) is 3.70. The van der Waals surface area contributed by atoms with Crippen LogP contribution in [0.25, 0.3) is 0 Å². The average molecular weight is 326 g/mol. The molecule has 19 heavy (non-hydrogen) atoms. The molecule has 2 aromatic heterocycles. The van der Waals surface area contributed by atoms with Crippen LogP contribution >= 0.6 is 15.9 Å². The Labute approximate surface area is 122 Å². The fraction of sp³-hybridized carbons (Fsp3) is 0.500. The van der Waals surface area contributed by atoms with E-state index < -0.39 is 0 Å². The monoisotopic (exact) mass is 325 g/mol. The molecule has 0 spiro atoms. The summed E-state index contributed by atoms with van der Waals surface area (Å²) in [6.07, 6.45) is 6.61. The van der Waals surface area contributed by atoms with E-state index in [4.69, 9.17) is 4.42 Å². The van der Waals surface area contributed by atoms with Crippen molar-refractivity contribution >= 4 is 15.9 Å². The number of aryl methyl sites for hydroxylation is 2. The molecule has 1 atom stereocenters. The molecule has 2 rings (SSSR count). The molecule has 1 unspecified atom stereocenters. The summed E-state index contributed by atoms with van der Waals surface area (Å²) in [6, 6.07) is 4.24. The molecule has 4 nitrogen and oxygen atoms in total. The van der Waals surface area contributed by atoms with Gasteiger partial charge in [0.1, 0.15) is 5.76 Å². The van der Waals surface area contributed by atoms with Crippen molar-refractivity contribution in [3.05, 3.63) is 40.5 Å². The number of rotatable bonds is 7. The van der Waals surface area contributed by atoms with Crippen LogP contribution in [0, 0.1) is 0 Å². The second-order valence-electron chi connectivity index (χ2n) is 4.63. The molecule has 2 heterocycles. The highest BCUT2D eigenvalue weighted by molar-refractivity contribution is 9.10. The van der Waals surface area contributed by atoms with Crippen LogP contribution in [0.5, 0.6) is 0 Å². The summed E-state index contributed by atoms with van der Waals surface area (Å²) in [7, 11) is 1.98. The lowest BCUT2D eigenvalue weighted by molar-refractivity contribution is 0.435. The van der Waals surface area contributed by atoms with E-state index in [1.165, 1.54) is 5.69 Å². The smallest absolute Gasteiger partial charge is 0.103 e. The van der Waals surface area contributed by atoms with E-state index in [1.807, 2.05) is 30.1 Å². The highest BCUT2D eigenvalue weighted by Gasteiger charge is 2.18. The zero-order valence-corrected chi connectivity index (χ0v) is 13.0. The molecule has 0 amide bonds. The first-order chi connectivity index (χ1) is 9.22. The normalized spacial score (nSPS) is 12.8. The molecule has 0 aliphatic carbocycles. The Bertz CT molecular complexity index is 473. The lowest BCUT2D eigenvalue weighted by Gasteiger charge is -2.19. The molecule has 0 aliphatic rings. The van der Waals surface area contributed by atoms with Crippen LogP contribution in [0.3, 0.4) is 0 Å². The molecule has 0 aliphatic heterocycles. The van der Waals surface area contributed by atoms with Crippen molar-refractivity contribution in [1.82, 2.24) is 15.1 Å². The van der Waals surface area contributed by atoms with Crippen molar-refractivity contribution < 1.29 is 4.42 Å². The topological polar surface area (TPSA) is 43.0 Å². The quantitative estimate of drug-likeness (QED) is 0.847. The zero-order valence-electron chi connectivity index (χ0n) is 11.4. The maximum atomic E-state index is 5.40. The van der Waals surface area contributed by atoms with Crippen LogP contribution in [-0.2, 0) is 13.5 Å². The number of halogens is 1. The summed E-state index contributed by atoms with van der Waals surface area (Å²) < 4.78 is 8.39. The van der Waals surface area contributed by atoms with Gasteiger partial charge in [-0.2, -0.15) is 5.10 Å². The summed E-state index contributed by atoms with van der Waals surface area (Å²) in [5, 5.41) is 7.88. The highest BCUT2D eigenvalue weighted by Crippen LogP contribution is 2.26. The Hall–Kier alpha value is -1.07. The maximum absolute atomic E-state index is 5.40. The van der Waals surface area contributed by atoms with Crippen molar-refractivity contribution in [2.45, 2.75) is 32.2 Å². The van der Waals surface area contributed by atoms with Gasteiger partial charge in [0, 0.05) is 13.5 Å². The van der Waals surface area contributed by atoms with E-state index in [2.05, 4.69) is 33.3 Å². The van der Waals surface area contributed by atoms with Gasteiger partial charge in [0.05, 0.1) is 28.7 Å². The number of nitrogens with zero attached hydrogens (tertiary/aromatic N) is 2. The van der Waals surface area contributed by atoms with Gasteiger partial charge in [-0.05, 0) is 47.4 Å². The second-order valence-corrected chi connectivity index (χ2v) is 5.48. The van der Waals surface area contributed by atoms with Gasteiger partial charge in [0.2, 0.25) is 0 Å². The number of hydrogen-bond acceptors (Lipinski definition) is 3. The first-order valence-corrected chi connectivity index (χ1v) is 7.44. The first-order valence-electron chi connectivity index (χ1n) is 6.65. The van der Waals surface area contributed by atoms with Crippen LogP contribution in [-0.4, -0.2) is 16.3 Å². The summed E-state index contributed by atoms with van der Waals surface area (Å²) in [5.41, 5.74) is 1.19. The van der Waals surface area contributed by atoms with Gasteiger partial charge in [-0.25, -0.2) is 0 Å². The van der Waals surface area contributed by atoms with Crippen LogP contribution in [0.4, 0.5) is 0 Å². The largest absolute Gasteiger partial charge is 0.469 e. The lowest BCUT2D eigenvalue weighted by atomic mass is 10.1. The second kappa shape index (κ2) is 6.91. The van der Waals surface area contributed by atoms with Crippen molar-refractivity contribution in [3.8, 4) is 0 Å². The third-order valence-electron chi connectivity index (χ3n) is 3.17. The molecule has 0 bridgehead atoms. The molecule has 5 heteroatoms. The fourth-order valence-corrected chi connectivity index (χ4v) is 2.83. The van der Waals surface area contributed by atoms with Crippen LogP contribution in [0.15, 0.2) is 33.5 Å². The van der Waals surface area contributed by atoms with Crippen molar-refractivity contribution in [1.29, 1.82) is 0 Å². The fourth-order valence-electron chi connectivity index (χ4n) is 2.21. The molecule has 0 saturated carbocycles. The molecular weight excluding hydrogens is 306 g/mol. The number of nitrogens with one attached hydrogen (secondary N) is 1. The van der Waals surface area contributed by atoms with Gasteiger partial charge in [0.25, 0.3) is 0 Å². The summed E-state index contributed by atoms with van der Waals surface area (Å²) >= 11 is 3.58. The van der Waals surface area contributed by atoms with Crippen molar-refractivity contribution in [2.24, 2.45) is 7.05 Å². The number of hydrogen-bond donors (Lipinski definition) is 1. The number of aromatic nitrogens is 2. The molecule has 1 N–H and O–H groups in total. The summed E-state index contributed by atoms with van der Waals surface area (Å²) in [6.45, 7) is 3.18. The Morgan fingerprint density at radius 3 is 2.95 bits per heavy atom. The van der Waals surface area contributed by atoms with E-state index in [1.54, 1.807) is 6.26 Å². The summed E-state index contributed by atoms with van der Waals surface area (Å²) in [5.74, 6) is 1.03. The van der Waals surface area contributed by atoms with Crippen molar-refractivity contribution in [3.63, 3.8) is 0 Å². The summed E-state index contributed by atoms with van der Waals surface area (Å²) in [4.78, 5) is 0. The minimum atomic E-state index is 0.284. The molecule has 0 fully saturated rings. The van der Waals surface area contributed by atoms with Crippen LogP contribution < -0.4 is 5.32 Å². The lowest BCUT2D eigenvalue weighted by Crippen LogP contribution is -2.25. The molecule has 2 aromatic rings. The van der Waals surface area contributed by atoms with Crippen LogP contribution in [0.1, 0.15) is 37.3 Å². The van der Waals surface area contributed by atoms with Gasteiger partial charge < -0.3 is 9.73 Å². The van der Waals surface area contributed by atoms with Crippen molar-refractivity contribution in [2.75, 3.05) is 6.54 Å². The third-order valence-corrected chi connectivity index (χ3v) is 3.78. The van der Waals surface area contributed by atoms with E-state index in [9.17, 15) is 0 Å². The van der Waals surface area contributed by atoms with Gasteiger partial charge in [-0.3, -0.25) is 4.68 Å². The Morgan fingerprint density at radius 2 is 2.37 bits per heavy atom. The zero-order chi connectivity index (χ0) is 13.7. The first kappa shape index (κ1) is 14.3. The van der Waals surface area contributed by atoms with E-state index in [-0.39, 0.29) is 6.04 Å². The van der Waals surface area contributed by atoms with E-state index >= 15 is 0 Å². The van der Waals surface area contributed by atoms with E-state index in [0.29, 0.717) is 0 Å². The Balaban J connectivity index is 2.07. The highest BCUT2D eigenvalue weighted by atomic mass is 79.9. The average Bonchev–Trinajstić information content (AvgIpc) is 3.02. The minimum absolute atomic E-state index is 0.284. The van der Waals surface area contributed by atoms with E-state index in [0.717, 1.165) is 36.0 Å². The Kier molecular flexibility index (Phi) is 5.22. The number of furan rings is 1. The minimum Gasteiger partial charge on any atom is -0.469 e. The van der Waals surface area contributed by atoms with Gasteiger partial charge in [0.15, 0.2) is 0 Å². The van der Waals surface area contributed by atoms with Gasteiger partial charge >= 0.3 is 0 Å². The molecular formula is C14H20BrN3O. The predicted octanol–water partition coefficient (Wildman–Crippen LogP) is 3.45. The molecule has 0 aromatic carbocycles. The molecule has 104 valence electrons. The molecule has 0 saturated heterocycles. The SMILES string of the molecule is CCCNC(CCc1ccco1)c1c(Br)cnn1C. The predicted molar refractivity (Wildman–Crippen MR) is 79.0 cm³/mol. The van der Waals surface area contributed by atoms with Gasteiger partial charge in [-0.1, -0.05) is 6.92 Å². The Morgan fingerprint density at radius 1 is 1.53 bits per heavy atom. The van der Waals surface area contributed by atoms with Gasteiger partial charge in [-0.15, -0.1) is 0 Å².